The van der Waals surface area contributed by atoms with Crippen molar-refractivity contribution < 1.29 is 9.84 Å². The summed E-state index contributed by atoms with van der Waals surface area (Å²) in [5, 5.41) is 10.5. The number of hydrogen-bond acceptors (Lipinski definition) is 4. The Morgan fingerprint density at radius 2 is 1.87 bits per heavy atom. The van der Waals surface area contributed by atoms with Crippen molar-refractivity contribution in [3.05, 3.63) is 0 Å². The highest BCUT2D eigenvalue weighted by molar-refractivity contribution is 4.93. The van der Waals surface area contributed by atoms with Crippen LogP contribution in [0.25, 0.3) is 0 Å². The second-order valence-electron chi connectivity index (χ2n) is 8.53. The van der Waals surface area contributed by atoms with Gasteiger partial charge in [0.1, 0.15) is 0 Å². The van der Waals surface area contributed by atoms with Crippen molar-refractivity contribution in [2.75, 3.05) is 45.9 Å². The number of aliphatic hydroxyl groups is 1. The summed E-state index contributed by atoms with van der Waals surface area (Å²) in [6, 6.07) is 0.749. The molecular weight excluding hydrogens is 288 g/mol. The van der Waals surface area contributed by atoms with Gasteiger partial charge >= 0.3 is 0 Å². The van der Waals surface area contributed by atoms with Crippen LogP contribution in [0.3, 0.4) is 0 Å². The number of likely N-dealkylation sites (tertiary alicyclic amines) is 1. The fourth-order valence-electron chi connectivity index (χ4n) is 5.83. The minimum atomic E-state index is -0.200. The van der Waals surface area contributed by atoms with Crippen LogP contribution in [0.2, 0.25) is 0 Å². The second-order valence-corrected chi connectivity index (χ2v) is 8.53. The second kappa shape index (κ2) is 7.38. The molecule has 4 aliphatic rings. The van der Waals surface area contributed by atoms with Gasteiger partial charge in [-0.3, -0.25) is 9.80 Å². The number of β-amino-alcohol motifs (C(OH)–C–C–N with tert-alkyl or cyclic N) is 1. The zero-order valence-corrected chi connectivity index (χ0v) is 14.5. The van der Waals surface area contributed by atoms with E-state index in [1.165, 1.54) is 51.5 Å². The molecule has 2 heterocycles. The molecule has 0 amide bonds. The number of fused-ring (bicyclic) bond motifs is 2. The number of rotatable bonds is 6. The third-order valence-electron chi connectivity index (χ3n) is 6.98. The average Bonchev–Trinajstić information content (AvgIpc) is 3.26. The van der Waals surface area contributed by atoms with Gasteiger partial charge < -0.3 is 9.84 Å². The lowest BCUT2D eigenvalue weighted by atomic mass is 9.83. The smallest absolute Gasteiger partial charge is 0.0793 e. The first-order chi connectivity index (χ1) is 11.3. The molecule has 2 bridgehead atoms. The molecule has 5 atom stereocenters. The molecule has 0 spiro atoms. The van der Waals surface area contributed by atoms with E-state index in [-0.39, 0.29) is 6.10 Å². The minimum absolute atomic E-state index is 0.200. The van der Waals surface area contributed by atoms with Crippen molar-refractivity contribution >= 4 is 0 Å². The summed E-state index contributed by atoms with van der Waals surface area (Å²) in [6.45, 7) is 6.50. The third-order valence-corrected chi connectivity index (χ3v) is 6.98. The molecule has 0 aromatic heterocycles. The monoisotopic (exact) mass is 322 g/mol. The van der Waals surface area contributed by atoms with Crippen LogP contribution in [0.1, 0.15) is 44.9 Å². The van der Waals surface area contributed by atoms with E-state index in [2.05, 4.69) is 9.80 Å². The van der Waals surface area contributed by atoms with E-state index in [0.29, 0.717) is 0 Å². The number of morpholine rings is 1. The molecule has 132 valence electrons. The molecule has 2 saturated carbocycles. The van der Waals surface area contributed by atoms with Crippen LogP contribution in [0.15, 0.2) is 0 Å². The summed E-state index contributed by atoms with van der Waals surface area (Å²) in [7, 11) is 0. The zero-order chi connectivity index (χ0) is 15.6. The molecule has 4 fully saturated rings. The van der Waals surface area contributed by atoms with E-state index >= 15 is 0 Å². The SMILES string of the molecule is O[C@H](CN1CCOCC1)CN1CCC[C@@H]1C[C@H]1C[C@H]2CC[C@H]1C2. The summed E-state index contributed by atoms with van der Waals surface area (Å²) >= 11 is 0. The maximum Gasteiger partial charge on any atom is 0.0793 e. The van der Waals surface area contributed by atoms with Gasteiger partial charge in [0, 0.05) is 32.2 Å². The Hall–Kier alpha value is -0.160. The Morgan fingerprint density at radius 1 is 1.00 bits per heavy atom. The van der Waals surface area contributed by atoms with Crippen LogP contribution in [0.4, 0.5) is 0 Å². The maximum absolute atomic E-state index is 10.5. The molecule has 2 saturated heterocycles. The lowest BCUT2D eigenvalue weighted by Gasteiger charge is -2.33. The lowest BCUT2D eigenvalue weighted by Crippen LogP contribution is -2.45. The van der Waals surface area contributed by atoms with Crippen LogP contribution in [0, 0.1) is 17.8 Å². The first kappa shape index (κ1) is 16.3. The van der Waals surface area contributed by atoms with Crippen LogP contribution in [-0.4, -0.2) is 73.0 Å². The topological polar surface area (TPSA) is 35.9 Å². The number of hydrogen-bond donors (Lipinski definition) is 1. The van der Waals surface area contributed by atoms with Gasteiger partial charge in [0.2, 0.25) is 0 Å². The van der Waals surface area contributed by atoms with Crippen molar-refractivity contribution in [1.82, 2.24) is 9.80 Å². The Balaban J connectivity index is 1.24. The molecule has 4 rings (SSSR count). The van der Waals surface area contributed by atoms with Gasteiger partial charge in [0.15, 0.2) is 0 Å². The quantitative estimate of drug-likeness (QED) is 0.811. The number of nitrogens with zero attached hydrogens (tertiary/aromatic N) is 2. The van der Waals surface area contributed by atoms with E-state index in [9.17, 15) is 5.11 Å². The fraction of sp³-hybridized carbons (Fsp3) is 1.00. The number of ether oxygens (including phenoxy) is 1. The zero-order valence-electron chi connectivity index (χ0n) is 14.5. The predicted octanol–water partition coefficient (Wildman–Crippen LogP) is 1.97. The molecule has 2 aliphatic heterocycles. The van der Waals surface area contributed by atoms with E-state index in [4.69, 9.17) is 4.74 Å². The van der Waals surface area contributed by atoms with Crippen LogP contribution >= 0.6 is 0 Å². The first-order valence-electron chi connectivity index (χ1n) is 10.00. The van der Waals surface area contributed by atoms with Gasteiger partial charge in [-0.1, -0.05) is 6.42 Å². The van der Waals surface area contributed by atoms with E-state index < -0.39 is 0 Å². The highest BCUT2D eigenvalue weighted by Crippen LogP contribution is 2.50. The highest BCUT2D eigenvalue weighted by Gasteiger charge is 2.41. The molecular formula is C19H34N2O2. The van der Waals surface area contributed by atoms with Gasteiger partial charge in [-0.05, 0) is 62.8 Å². The predicted molar refractivity (Wildman–Crippen MR) is 91.4 cm³/mol. The standard InChI is InChI=1S/C19H34N2O2/c22-19(13-20-6-8-23-9-7-20)14-21-5-1-2-18(21)12-17-11-15-3-4-16(17)10-15/h15-19,22H,1-14H2/t15-,16-,17+,18+,19+/m0/s1. The Kier molecular flexibility index (Phi) is 5.24. The van der Waals surface area contributed by atoms with Gasteiger partial charge in [-0.15, -0.1) is 0 Å². The lowest BCUT2D eigenvalue weighted by molar-refractivity contribution is 0.00487. The summed E-state index contributed by atoms with van der Waals surface area (Å²) in [4.78, 5) is 4.96. The summed E-state index contributed by atoms with van der Waals surface area (Å²) in [5.74, 6) is 3.10. The molecule has 1 N–H and O–H groups in total. The Bertz CT molecular complexity index is 386. The third kappa shape index (κ3) is 3.92. The van der Waals surface area contributed by atoms with Crippen LogP contribution in [0.5, 0.6) is 0 Å². The summed E-state index contributed by atoms with van der Waals surface area (Å²) in [5.41, 5.74) is 0. The van der Waals surface area contributed by atoms with E-state index in [1.807, 2.05) is 0 Å². The molecule has 0 aromatic rings. The molecule has 0 radical (unpaired) electrons. The van der Waals surface area contributed by atoms with Crippen molar-refractivity contribution in [2.45, 2.75) is 57.1 Å². The van der Waals surface area contributed by atoms with E-state index in [0.717, 1.165) is 63.2 Å². The van der Waals surface area contributed by atoms with Crippen molar-refractivity contribution in [2.24, 2.45) is 17.8 Å². The van der Waals surface area contributed by atoms with Crippen molar-refractivity contribution in [3.63, 3.8) is 0 Å². The van der Waals surface area contributed by atoms with Gasteiger partial charge in [0.25, 0.3) is 0 Å². The van der Waals surface area contributed by atoms with Gasteiger partial charge in [-0.2, -0.15) is 0 Å². The molecule has 2 aliphatic carbocycles. The first-order valence-corrected chi connectivity index (χ1v) is 10.00. The Labute approximate surface area is 141 Å². The van der Waals surface area contributed by atoms with Crippen molar-refractivity contribution in [1.29, 1.82) is 0 Å². The summed E-state index contributed by atoms with van der Waals surface area (Å²) < 4.78 is 5.40. The van der Waals surface area contributed by atoms with Crippen LogP contribution in [-0.2, 0) is 4.74 Å². The molecule has 4 nitrogen and oxygen atoms in total. The maximum atomic E-state index is 10.5. The van der Waals surface area contributed by atoms with E-state index in [1.54, 1.807) is 0 Å². The molecule has 4 heteroatoms. The Morgan fingerprint density at radius 3 is 2.61 bits per heavy atom. The summed E-state index contributed by atoms with van der Waals surface area (Å²) in [6.07, 6.45) is 9.94. The fourth-order valence-corrected chi connectivity index (χ4v) is 5.83. The minimum Gasteiger partial charge on any atom is -0.390 e. The highest BCUT2D eigenvalue weighted by atomic mass is 16.5. The molecule has 0 aromatic carbocycles. The van der Waals surface area contributed by atoms with Gasteiger partial charge in [0.05, 0.1) is 19.3 Å². The van der Waals surface area contributed by atoms with Crippen LogP contribution < -0.4 is 0 Å². The van der Waals surface area contributed by atoms with Gasteiger partial charge in [-0.25, -0.2) is 0 Å². The average molecular weight is 322 g/mol. The van der Waals surface area contributed by atoms with Crippen molar-refractivity contribution in [3.8, 4) is 0 Å². The molecule has 0 unspecified atom stereocenters. The molecule has 23 heavy (non-hydrogen) atoms. The normalized spacial score (nSPS) is 40.0. The number of aliphatic hydroxyl groups excluding tert-OH is 1. The largest absolute Gasteiger partial charge is 0.390 e.